The first-order valence-electron chi connectivity index (χ1n) is 16.3. The van der Waals surface area contributed by atoms with Crippen molar-refractivity contribution in [1.29, 1.82) is 0 Å². The smallest absolute Gasteiger partial charge is 0.323 e. The van der Waals surface area contributed by atoms with Crippen LogP contribution in [0.15, 0.2) is 24.3 Å². The van der Waals surface area contributed by atoms with Gasteiger partial charge in [0.1, 0.15) is 13.6 Å². The maximum Gasteiger partial charge on any atom is 0.323 e. The van der Waals surface area contributed by atoms with Gasteiger partial charge in [0.25, 0.3) is 0 Å². The summed E-state index contributed by atoms with van der Waals surface area (Å²) in [6.45, 7) is 6.40. The Hall–Kier alpha value is -4.28. The first-order valence-corrected chi connectivity index (χ1v) is 16.3. The summed E-state index contributed by atoms with van der Waals surface area (Å²) in [5.41, 5.74) is 2.27. The van der Waals surface area contributed by atoms with Crippen molar-refractivity contribution in [2.45, 2.75) is 58.4 Å². The van der Waals surface area contributed by atoms with E-state index in [1.54, 1.807) is 49.2 Å². The Balaban J connectivity index is 1.87. The Labute approximate surface area is 276 Å². The van der Waals surface area contributed by atoms with Gasteiger partial charge in [-0.1, -0.05) is 0 Å². The maximum absolute atomic E-state index is 14.0. The van der Waals surface area contributed by atoms with Gasteiger partial charge in [-0.05, 0) is 80.5 Å². The molecular weight excluding hydrogens is 604 g/mol. The number of ether oxygens (including phenoxy) is 6. The Morgan fingerprint density at radius 2 is 1.36 bits per heavy atom. The van der Waals surface area contributed by atoms with Gasteiger partial charge in [0.2, 0.25) is 5.91 Å². The highest BCUT2D eigenvalue weighted by molar-refractivity contribution is 6.05. The van der Waals surface area contributed by atoms with E-state index in [4.69, 9.17) is 28.4 Å². The summed E-state index contributed by atoms with van der Waals surface area (Å²) in [6, 6.07) is 7.91. The number of fused-ring (bicyclic) bond motifs is 3. The summed E-state index contributed by atoms with van der Waals surface area (Å²) in [6.07, 6.45) is 1.85. The highest BCUT2D eigenvalue weighted by Gasteiger charge is 2.65. The molecule has 1 amide bonds. The molecule has 2 aliphatic heterocycles. The fraction of sp³-hybridized carbons (Fsp3) is 0.556. The van der Waals surface area contributed by atoms with Crippen LogP contribution in [-0.4, -0.2) is 94.8 Å². The van der Waals surface area contributed by atoms with Gasteiger partial charge in [-0.3, -0.25) is 14.4 Å². The lowest BCUT2D eigenvalue weighted by atomic mass is 9.55. The van der Waals surface area contributed by atoms with Crippen molar-refractivity contribution >= 4 is 23.6 Å². The minimum Gasteiger partial charge on any atom is -0.493 e. The fourth-order valence-electron chi connectivity index (χ4n) is 8.14. The molecule has 11 nitrogen and oxygen atoms in total. The van der Waals surface area contributed by atoms with E-state index >= 15 is 0 Å². The number of benzene rings is 2. The van der Waals surface area contributed by atoms with Crippen LogP contribution >= 0.6 is 0 Å². The number of hydrogen-bond acceptors (Lipinski definition) is 9. The molecule has 11 heteroatoms. The van der Waals surface area contributed by atoms with E-state index in [1.165, 1.54) is 0 Å². The zero-order valence-corrected chi connectivity index (χ0v) is 28.8. The van der Waals surface area contributed by atoms with E-state index < -0.39 is 28.8 Å². The summed E-state index contributed by atoms with van der Waals surface area (Å²) in [5.74, 6) is 0.453. The van der Waals surface area contributed by atoms with Gasteiger partial charge in [0.05, 0.1) is 53.1 Å². The van der Waals surface area contributed by atoms with Crippen molar-refractivity contribution in [2.75, 3.05) is 61.8 Å². The van der Waals surface area contributed by atoms with Gasteiger partial charge >= 0.3 is 11.9 Å². The molecule has 2 aromatic rings. The first kappa shape index (κ1) is 34.1. The van der Waals surface area contributed by atoms with Crippen molar-refractivity contribution < 1.29 is 47.4 Å². The predicted molar refractivity (Wildman–Crippen MR) is 174 cm³/mol. The summed E-state index contributed by atoms with van der Waals surface area (Å²) >= 11 is 0. The second kappa shape index (κ2) is 13.4. The number of rotatable bonds is 9. The number of carbonyl (C=O) groups excluding carboxylic acids is 3. The SMILES string of the molecule is CCOC(=O)C1(C(=O)OCC)CCC2(c3cc(OC)c(OC)cc3CCN2C(C)=O)C(C2=[N+](C)CCc3cc(OC)c(OC)cc32)C1. The van der Waals surface area contributed by atoms with Crippen LogP contribution in [0.25, 0.3) is 0 Å². The number of hydrogen-bond donors (Lipinski definition) is 0. The Morgan fingerprint density at radius 3 is 1.91 bits per heavy atom. The third-order valence-corrected chi connectivity index (χ3v) is 10.3. The number of esters is 2. The second-order valence-electron chi connectivity index (χ2n) is 12.4. The molecule has 2 heterocycles. The third kappa shape index (κ3) is 5.47. The Kier molecular flexibility index (Phi) is 9.75. The standard InChI is InChI=1S/C36H47N2O9/c1-9-46-33(40)35(34(41)47-10-2)13-14-36(26-20-31(45-8)29(43-6)18-24(26)12-16-38(36)22(3)39)27(21-35)32-25-19-30(44-7)28(42-5)17-23(25)11-15-37(32)4/h17-20,27H,9-16,21H2,1-8H3/q+1. The molecule has 2 atom stereocenters. The summed E-state index contributed by atoms with van der Waals surface area (Å²) in [7, 11) is 8.42. The largest absolute Gasteiger partial charge is 0.493 e. The molecule has 1 saturated carbocycles. The molecule has 3 aliphatic rings. The lowest BCUT2D eigenvalue weighted by Gasteiger charge is -2.56. The van der Waals surface area contributed by atoms with Gasteiger partial charge in [-0.25, -0.2) is 4.58 Å². The number of likely N-dealkylation sites (N-methyl/N-ethyl adjacent to an activating group) is 1. The van der Waals surface area contributed by atoms with E-state index in [2.05, 4.69) is 4.58 Å². The number of carbonyl (C=O) groups is 3. The minimum absolute atomic E-state index is 0.0652. The van der Waals surface area contributed by atoms with Crippen LogP contribution in [-0.2, 0) is 42.2 Å². The van der Waals surface area contributed by atoms with Gasteiger partial charge in [0, 0.05) is 25.5 Å². The van der Waals surface area contributed by atoms with Crippen LogP contribution in [0, 0.1) is 11.3 Å². The van der Waals surface area contributed by atoms with Crippen LogP contribution in [0.3, 0.4) is 0 Å². The van der Waals surface area contributed by atoms with Crippen molar-refractivity contribution in [3.05, 3.63) is 46.5 Å². The summed E-state index contributed by atoms with van der Waals surface area (Å²) < 4.78 is 36.3. The lowest BCUT2D eigenvalue weighted by molar-refractivity contribution is -0.501. The van der Waals surface area contributed by atoms with Crippen molar-refractivity contribution in [3.63, 3.8) is 0 Å². The van der Waals surface area contributed by atoms with Gasteiger partial charge in [-0.2, -0.15) is 0 Å². The normalized spacial score (nSPS) is 21.4. The van der Waals surface area contributed by atoms with E-state index in [0.717, 1.165) is 34.4 Å². The fourth-order valence-corrected chi connectivity index (χ4v) is 8.14. The van der Waals surface area contributed by atoms with Crippen LogP contribution in [0.1, 0.15) is 62.3 Å². The molecule has 1 spiro atoms. The quantitative estimate of drug-likeness (QED) is 0.226. The average Bonchev–Trinajstić information content (AvgIpc) is 3.07. The molecule has 2 unspecified atom stereocenters. The van der Waals surface area contributed by atoms with Crippen LogP contribution in [0.2, 0.25) is 0 Å². The van der Waals surface area contributed by atoms with Gasteiger partial charge in [0.15, 0.2) is 34.1 Å². The van der Waals surface area contributed by atoms with Crippen LogP contribution < -0.4 is 18.9 Å². The summed E-state index contributed by atoms with van der Waals surface area (Å²) in [4.78, 5) is 43.7. The topological polar surface area (TPSA) is 113 Å². The molecule has 0 radical (unpaired) electrons. The Morgan fingerprint density at radius 1 is 0.809 bits per heavy atom. The molecule has 5 rings (SSSR count). The molecule has 254 valence electrons. The van der Waals surface area contributed by atoms with E-state index in [-0.39, 0.29) is 32.0 Å². The highest BCUT2D eigenvalue weighted by Crippen LogP contribution is 2.58. The molecule has 1 aliphatic carbocycles. The number of amides is 1. The highest BCUT2D eigenvalue weighted by atomic mass is 16.6. The van der Waals surface area contributed by atoms with E-state index in [1.807, 2.05) is 36.2 Å². The van der Waals surface area contributed by atoms with Crippen molar-refractivity contribution in [3.8, 4) is 23.0 Å². The predicted octanol–water partition coefficient (Wildman–Crippen LogP) is 3.92. The number of nitrogens with zero attached hydrogens (tertiary/aromatic N) is 2. The van der Waals surface area contributed by atoms with Crippen molar-refractivity contribution in [1.82, 2.24) is 4.90 Å². The Bertz CT molecular complexity index is 1580. The third-order valence-electron chi connectivity index (χ3n) is 10.3. The van der Waals surface area contributed by atoms with Crippen molar-refractivity contribution in [2.24, 2.45) is 11.3 Å². The zero-order chi connectivity index (χ0) is 34.1. The molecule has 0 N–H and O–H groups in total. The van der Waals surface area contributed by atoms with Gasteiger partial charge < -0.3 is 33.3 Å². The maximum atomic E-state index is 14.0. The molecule has 1 fully saturated rings. The van der Waals surface area contributed by atoms with Gasteiger partial charge in [-0.15, -0.1) is 0 Å². The number of methoxy groups -OCH3 is 4. The molecule has 47 heavy (non-hydrogen) atoms. The molecule has 0 aromatic heterocycles. The summed E-state index contributed by atoms with van der Waals surface area (Å²) in [5, 5.41) is 0. The monoisotopic (exact) mass is 651 g/mol. The first-order chi connectivity index (χ1) is 22.6. The molecule has 0 saturated heterocycles. The van der Waals surface area contributed by atoms with Crippen LogP contribution in [0.4, 0.5) is 0 Å². The minimum atomic E-state index is -1.58. The lowest BCUT2D eigenvalue weighted by Crippen LogP contribution is -2.64. The van der Waals surface area contributed by atoms with E-state index in [0.29, 0.717) is 48.9 Å². The second-order valence-corrected chi connectivity index (χ2v) is 12.4. The zero-order valence-electron chi connectivity index (χ0n) is 28.8. The van der Waals surface area contributed by atoms with Crippen LogP contribution in [0.5, 0.6) is 23.0 Å². The van der Waals surface area contributed by atoms with E-state index in [9.17, 15) is 14.4 Å². The molecule has 0 bridgehead atoms. The average molecular weight is 652 g/mol. The molecular formula is C36H47N2O9+. The molecule has 2 aromatic carbocycles.